The van der Waals surface area contributed by atoms with Crippen molar-refractivity contribution in [2.75, 3.05) is 13.1 Å². The molecule has 0 spiro atoms. The molecule has 1 aliphatic heterocycles. The molecule has 2 unspecified atom stereocenters. The van der Waals surface area contributed by atoms with E-state index in [0.717, 1.165) is 0 Å². The van der Waals surface area contributed by atoms with E-state index in [1.165, 1.54) is 6.26 Å². The maximum absolute atomic E-state index is 11.8. The molecule has 1 aromatic rings. The molecule has 22 heavy (non-hydrogen) atoms. The molecule has 1 fully saturated rings. The third kappa shape index (κ3) is 4.24. The number of likely N-dealkylation sites (tertiary alicyclic amines) is 1. The molecule has 0 aliphatic carbocycles. The summed E-state index contributed by atoms with van der Waals surface area (Å²) in [5, 5.41) is 12.2. The zero-order chi connectivity index (χ0) is 16.3. The van der Waals surface area contributed by atoms with Gasteiger partial charge < -0.3 is 19.6 Å². The third-order valence-corrected chi connectivity index (χ3v) is 3.35. The molecular formula is C15H22N2O5. The third-order valence-electron chi connectivity index (χ3n) is 3.35. The number of carbonyl (C=O) groups excluding carboxylic acids is 1. The molecule has 0 radical (unpaired) electrons. The van der Waals surface area contributed by atoms with E-state index in [2.05, 4.69) is 5.32 Å². The van der Waals surface area contributed by atoms with Crippen molar-refractivity contribution in [2.45, 2.75) is 44.9 Å². The number of carbonyl (C=O) groups is 2. The summed E-state index contributed by atoms with van der Waals surface area (Å²) in [5.41, 5.74) is -0.555. The van der Waals surface area contributed by atoms with E-state index >= 15 is 0 Å². The van der Waals surface area contributed by atoms with Crippen molar-refractivity contribution in [3.8, 4) is 0 Å². The quantitative estimate of drug-likeness (QED) is 0.884. The summed E-state index contributed by atoms with van der Waals surface area (Å²) in [6, 6.07) is 2.35. The first kappa shape index (κ1) is 16.4. The first-order valence-corrected chi connectivity index (χ1v) is 7.26. The lowest BCUT2D eigenvalue weighted by molar-refractivity contribution is -0.143. The molecule has 122 valence electrons. The standard InChI is InChI=1S/C15H22N2O5/c1-15(2,3)22-14(20)16-10-6-7-17(9-10)12(13(18)19)11-5-4-8-21-11/h4-5,8,10,12H,6-7,9H2,1-3H3,(H,16,20)(H,18,19). The number of hydrogen-bond donors (Lipinski definition) is 2. The predicted molar refractivity (Wildman–Crippen MR) is 78.4 cm³/mol. The normalized spacial score (nSPS) is 20.6. The molecular weight excluding hydrogens is 288 g/mol. The number of amides is 1. The van der Waals surface area contributed by atoms with Gasteiger partial charge in [0.15, 0.2) is 6.04 Å². The van der Waals surface area contributed by atoms with Gasteiger partial charge in [-0.1, -0.05) is 0 Å². The molecule has 2 atom stereocenters. The van der Waals surface area contributed by atoms with Gasteiger partial charge in [-0.25, -0.2) is 4.79 Å². The molecule has 0 saturated carbocycles. The number of nitrogens with zero attached hydrogens (tertiary/aromatic N) is 1. The molecule has 2 heterocycles. The minimum Gasteiger partial charge on any atom is -0.480 e. The van der Waals surface area contributed by atoms with Gasteiger partial charge in [0.1, 0.15) is 11.4 Å². The van der Waals surface area contributed by atoms with Gasteiger partial charge in [0.25, 0.3) is 0 Å². The van der Waals surface area contributed by atoms with E-state index in [-0.39, 0.29) is 6.04 Å². The summed E-state index contributed by atoms with van der Waals surface area (Å²) in [6.45, 7) is 6.40. The van der Waals surface area contributed by atoms with Crippen LogP contribution in [0.25, 0.3) is 0 Å². The van der Waals surface area contributed by atoms with Crippen LogP contribution in [0.2, 0.25) is 0 Å². The molecule has 1 aromatic heterocycles. The van der Waals surface area contributed by atoms with Crippen LogP contribution in [-0.2, 0) is 9.53 Å². The maximum Gasteiger partial charge on any atom is 0.407 e. The summed E-state index contributed by atoms with van der Waals surface area (Å²) >= 11 is 0. The van der Waals surface area contributed by atoms with Gasteiger partial charge in [0.2, 0.25) is 0 Å². The second-order valence-corrected chi connectivity index (χ2v) is 6.38. The zero-order valence-electron chi connectivity index (χ0n) is 13.0. The highest BCUT2D eigenvalue weighted by molar-refractivity contribution is 5.74. The summed E-state index contributed by atoms with van der Waals surface area (Å²) in [5.74, 6) is -0.571. The van der Waals surface area contributed by atoms with Crippen LogP contribution in [0.5, 0.6) is 0 Å². The SMILES string of the molecule is CC(C)(C)OC(=O)NC1CCN(C(C(=O)O)c2ccco2)C1. The summed E-state index contributed by atoms with van der Waals surface area (Å²) in [4.78, 5) is 25.0. The van der Waals surface area contributed by atoms with Crippen molar-refractivity contribution < 1.29 is 23.8 Å². The van der Waals surface area contributed by atoms with E-state index in [1.54, 1.807) is 37.8 Å². The minimum absolute atomic E-state index is 0.133. The van der Waals surface area contributed by atoms with Crippen molar-refractivity contribution in [3.05, 3.63) is 24.2 Å². The number of furan rings is 1. The highest BCUT2D eigenvalue weighted by atomic mass is 16.6. The van der Waals surface area contributed by atoms with Crippen LogP contribution in [0.1, 0.15) is 39.0 Å². The highest BCUT2D eigenvalue weighted by Crippen LogP contribution is 2.26. The van der Waals surface area contributed by atoms with Gasteiger partial charge in [0.05, 0.1) is 6.26 Å². The van der Waals surface area contributed by atoms with E-state index in [1.807, 2.05) is 0 Å². The predicted octanol–water partition coefficient (Wildman–Crippen LogP) is 2.00. The number of hydrogen-bond acceptors (Lipinski definition) is 5. The molecule has 0 aromatic carbocycles. The Balaban J connectivity index is 1.94. The fraction of sp³-hybridized carbons (Fsp3) is 0.600. The van der Waals surface area contributed by atoms with Crippen LogP contribution in [0.4, 0.5) is 4.79 Å². The van der Waals surface area contributed by atoms with Crippen LogP contribution in [0.3, 0.4) is 0 Å². The fourth-order valence-electron chi connectivity index (χ4n) is 2.52. The second-order valence-electron chi connectivity index (χ2n) is 6.38. The molecule has 7 nitrogen and oxygen atoms in total. The van der Waals surface area contributed by atoms with Crippen molar-refractivity contribution >= 4 is 12.1 Å². The molecule has 1 amide bonds. The summed E-state index contributed by atoms with van der Waals surface area (Å²) < 4.78 is 10.4. The monoisotopic (exact) mass is 310 g/mol. The summed E-state index contributed by atoms with van der Waals surface area (Å²) in [6.07, 6.45) is 1.64. The van der Waals surface area contributed by atoms with Gasteiger partial charge in [-0.05, 0) is 39.3 Å². The van der Waals surface area contributed by atoms with Crippen LogP contribution in [0.15, 0.2) is 22.8 Å². The van der Waals surface area contributed by atoms with Gasteiger partial charge >= 0.3 is 12.1 Å². The molecule has 7 heteroatoms. The van der Waals surface area contributed by atoms with Crippen molar-refractivity contribution in [3.63, 3.8) is 0 Å². The van der Waals surface area contributed by atoms with Crippen LogP contribution in [0, 0.1) is 0 Å². The first-order valence-electron chi connectivity index (χ1n) is 7.26. The van der Waals surface area contributed by atoms with Crippen LogP contribution < -0.4 is 5.32 Å². The Labute approximate surface area is 129 Å². The summed E-state index contributed by atoms with van der Waals surface area (Å²) in [7, 11) is 0. The number of alkyl carbamates (subject to hydrolysis) is 1. The first-order chi connectivity index (χ1) is 10.3. The van der Waals surface area contributed by atoms with E-state index in [9.17, 15) is 14.7 Å². The maximum atomic E-state index is 11.8. The Hall–Kier alpha value is -2.02. The van der Waals surface area contributed by atoms with Gasteiger partial charge in [-0.15, -0.1) is 0 Å². The number of rotatable bonds is 4. The smallest absolute Gasteiger partial charge is 0.407 e. The van der Waals surface area contributed by atoms with Crippen LogP contribution in [-0.4, -0.2) is 46.8 Å². The second kappa shape index (κ2) is 6.39. The minimum atomic E-state index is -0.965. The number of carboxylic acid groups (broad SMARTS) is 1. The Morgan fingerprint density at radius 3 is 2.77 bits per heavy atom. The van der Waals surface area contributed by atoms with Gasteiger partial charge in [0, 0.05) is 19.1 Å². The van der Waals surface area contributed by atoms with E-state index in [0.29, 0.717) is 25.3 Å². The number of aliphatic carboxylic acids is 1. The Morgan fingerprint density at radius 1 is 1.50 bits per heavy atom. The topological polar surface area (TPSA) is 92.0 Å². The highest BCUT2D eigenvalue weighted by Gasteiger charge is 2.36. The molecule has 1 saturated heterocycles. The lowest BCUT2D eigenvalue weighted by Gasteiger charge is -2.24. The van der Waals surface area contributed by atoms with Crippen molar-refractivity contribution in [1.82, 2.24) is 10.2 Å². The number of ether oxygens (including phenoxy) is 1. The average molecular weight is 310 g/mol. The number of carboxylic acids is 1. The van der Waals surface area contributed by atoms with E-state index < -0.39 is 23.7 Å². The van der Waals surface area contributed by atoms with Gasteiger partial charge in [-0.3, -0.25) is 9.69 Å². The average Bonchev–Trinajstić information content (AvgIpc) is 2.99. The Kier molecular flexibility index (Phi) is 4.75. The lowest BCUT2D eigenvalue weighted by Crippen LogP contribution is -2.41. The van der Waals surface area contributed by atoms with Crippen LogP contribution >= 0.6 is 0 Å². The Bertz CT molecular complexity index is 521. The molecule has 2 rings (SSSR count). The van der Waals surface area contributed by atoms with E-state index in [4.69, 9.17) is 9.15 Å². The van der Waals surface area contributed by atoms with Crippen molar-refractivity contribution in [1.29, 1.82) is 0 Å². The largest absolute Gasteiger partial charge is 0.480 e. The lowest BCUT2D eigenvalue weighted by atomic mass is 10.2. The molecule has 1 aliphatic rings. The molecule has 2 N–H and O–H groups in total. The Morgan fingerprint density at radius 2 is 2.23 bits per heavy atom. The fourth-order valence-corrected chi connectivity index (χ4v) is 2.52. The molecule has 0 bridgehead atoms. The zero-order valence-corrected chi connectivity index (χ0v) is 13.0. The van der Waals surface area contributed by atoms with Crippen molar-refractivity contribution in [2.24, 2.45) is 0 Å². The van der Waals surface area contributed by atoms with Gasteiger partial charge in [-0.2, -0.15) is 0 Å². The number of nitrogens with one attached hydrogen (secondary N) is 1.